The van der Waals surface area contributed by atoms with Crippen LogP contribution in [0, 0.1) is 5.82 Å². The van der Waals surface area contributed by atoms with Gasteiger partial charge in [-0.2, -0.15) is 0 Å². The van der Waals surface area contributed by atoms with Crippen LogP contribution in [0.5, 0.6) is 0 Å². The van der Waals surface area contributed by atoms with E-state index in [9.17, 15) is 4.39 Å². The van der Waals surface area contributed by atoms with Crippen LogP contribution in [0.3, 0.4) is 0 Å². The Balaban J connectivity index is 1.58. The van der Waals surface area contributed by atoms with Crippen molar-refractivity contribution in [2.45, 2.75) is 37.6 Å². The van der Waals surface area contributed by atoms with Crippen LogP contribution in [0.1, 0.15) is 12.0 Å². The number of benzene rings is 1. The van der Waals surface area contributed by atoms with Gasteiger partial charge in [0.05, 0.1) is 19.3 Å². The topological polar surface area (TPSA) is 36.9 Å². The summed E-state index contributed by atoms with van der Waals surface area (Å²) in [6.07, 6.45) is 0.329. The Morgan fingerprint density at radius 2 is 2.05 bits per heavy atom. The van der Waals surface area contributed by atoms with Gasteiger partial charge in [0.25, 0.3) is 0 Å². The van der Waals surface area contributed by atoms with Crippen molar-refractivity contribution in [3.63, 3.8) is 0 Å². The fraction of sp³-hybridized carbons (Fsp3) is 0.571. The van der Waals surface area contributed by atoms with Crippen LogP contribution >= 0.6 is 0 Å². The predicted molar refractivity (Wildman–Crippen MR) is 65.0 cm³/mol. The molecule has 1 aromatic rings. The lowest BCUT2D eigenvalue weighted by Gasteiger charge is -2.32. The fourth-order valence-corrected chi connectivity index (χ4v) is 2.49. The lowest BCUT2D eigenvalue weighted by molar-refractivity contribution is -0.200. The molecule has 3 rings (SSSR count). The first-order valence-corrected chi connectivity index (χ1v) is 6.42. The van der Waals surface area contributed by atoms with Gasteiger partial charge in [0, 0.05) is 13.5 Å². The van der Waals surface area contributed by atoms with Gasteiger partial charge in [-0.25, -0.2) is 4.39 Å². The number of rotatable bonds is 4. The zero-order valence-electron chi connectivity index (χ0n) is 10.8. The molecule has 4 nitrogen and oxygen atoms in total. The van der Waals surface area contributed by atoms with Gasteiger partial charge in [-0.15, -0.1) is 0 Å². The maximum absolute atomic E-state index is 12.8. The highest BCUT2D eigenvalue weighted by Gasteiger charge is 2.44. The van der Waals surface area contributed by atoms with E-state index in [2.05, 4.69) is 0 Å². The van der Waals surface area contributed by atoms with Crippen LogP contribution in [-0.4, -0.2) is 38.3 Å². The Bertz CT molecular complexity index is 422. The van der Waals surface area contributed by atoms with Crippen LogP contribution in [-0.2, 0) is 25.6 Å². The van der Waals surface area contributed by atoms with E-state index < -0.39 is 0 Å². The van der Waals surface area contributed by atoms with Crippen LogP contribution in [0.25, 0.3) is 0 Å². The van der Waals surface area contributed by atoms with Crippen molar-refractivity contribution in [3.8, 4) is 0 Å². The van der Waals surface area contributed by atoms with Crippen molar-refractivity contribution in [1.29, 1.82) is 0 Å². The van der Waals surface area contributed by atoms with E-state index in [0.29, 0.717) is 13.2 Å². The lowest BCUT2D eigenvalue weighted by Crippen LogP contribution is -2.44. The Morgan fingerprint density at radius 1 is 1.26 bits per heavy atom. The molecule has 2 fully saturated rings. The van der Waals surface area contributed by atoms with Crippen molar-refractivity contribution in [2.75, 3.05) is 13.7 Å². The summed E-state index contributed by atoms with van der Waals surface area (Å²) in [5, 5.41) is 0. The van der Waals surface area contributed by atoms with Crippen molar-refractivity contribution in [1.82, 2.24) is 0 Å². The molecule has 2 bridgehead atoms. The second-order valence-electron chi connectivity index (χ2n) is 4.86. The lowest BCUT2D eigenvalue weighted by atomic mass is 10.0. The van der Waals surface area contributed by atoms with Gasteiger partial charge in [0.15, 0.2) is 6.29 Å². The molecule has 104 valence electrons. The van der Waals surface area contributed by atoms with Gasteiger partial charge in [-0.3, -0.25) is 0 Å². The summed E-state index contributed by atoms with van der Waals surface area (Å²) in [5.74, 6) is -0.240. The minimum atomic E-state index is -0.263. The minimum absolute atomic E-state index is 0.0307. The summed E-state index contributed by atoms with van der Waals surface area (Å²) in [5.41, 5.74) is 0.941. The van der Waals surface area contributed by atoms with Crippen LogP contribution in [0.15, 0.2) is 24.3 Å². The molecule has 0 saturated carbocycles. The number of methoxy groups -OCH3 is 1. The van der Waals surface area contributed by atoms with Crippen LogP contribution < -0.4 is 0 Å². The van der Waals surface area contributed by atoms with Crippen molar-refractivity contribution in [3.05, 3.63) is 35.6 Å². The standard InChI is InChI=1S/C14H17FO4/c1-16-12-6-11(13-8-18-14(12)19-13)17-7-9-2-4-10(15)5-3-9/h2-5,11-14H,6-8H2,1H3/t11-,12+,13+,14+/m0/s1. The average Bonchev–Trinajstić information content (AvgIpc) is 2.85. The predicted octanol–water partition coefficient (Wildman–Crippen LogP) is 1.87. The van der Waals surface area contributed by atoms with Gasteiger partial charge >= 0.3 is 0 Å². The van der Waals surface area contributed by atoms with Gasteiger partial charge in [0.1, 0.15) is 18.0 Å². The SMILES string of the molecule is CO[C@@H]1C[C@H](OCc2ccc(F)cc2)[C@H]2CO[C@@H]1O2. The third-order valence-electron chi connectivity index (χ3n) is 3.60. The first-order chi connectivity index (χ1) is 9.26. The fourth-order valence-electron chi connectivity index (χ4n) is 2.49. The van der Waals surface area contributed by atoms with E-state index in [4.69, 9.17) is 18.9 Å². The smallest absolute Gasteiger partial charge is 0.184 e. The van der Waals surface area contributed by atoms with E-state index in [1.165, 1.54) is 12.1 Å². The third-order valence-corrected chi connectivity index (χ3v) is 3.60. The first kappa shape index (κ1) is 13.0. The Morgan fingerprint density at radius 3 is 2.79 bits per heavy atom. The summed E-state index contributed by atoms with van der Waals surface area (Å²) < 4.78 is 35.2. The Kier molecular flexibility index (Phi) is 3.79. The third kappa shape index (κ3) is 2.79. The van der Waals surface area contributed by atoms with Crippen molar-refractivity contribution >= 4 is 0 Å². The second-order valence-corrected chi connectivity index (χ2v) is 4.86. The number of hydrogen-bond acceptors (Lipinski definition) is 4. The summed E-state index contributed by atoms with van der Waals surface area (Å²) in [6.45, 7) is 0.977. The highest BCUT2D eigenvalue weighted by Crippen LogP contribution is 2.31. The summed E-state index contributed by atoms with van der Waals surface area (Å²) >= 11 is 0. The quantitative estimate of drug-likeness (QED) is 0.835. The summed E-state index contributed by atoms with van der Waals surface area (Å²) in [7, 11) is 1.65. The van der Waals surface area contributed by atoms with Crippen molar-refractivity contribution < 1.29 is 23.3 Å². The summed E-state index contributed by atoms with van der Waals surface area (Å²) in [4.78, 5) is 0. The molecule has 0 spiro atoms. The highest BCUT2D eigenvalue weighted by atomic mass is 19.1. The average molecular weight is 268 g/mol. The minimum Gasteiger partial charge on any atom is -0.376 e. The molecule has 0 amide bonds. The zero-order valence-corrected chi connectivity index (χ0v) is 10.8. The highest BCUT2D eigenvalue weighted by molar-refractivity contribution is 5.15. The van der Waals surface area contributed by atoms with Gasteiger partial charge < -0.3 is 18.9 Å². The molecule has 2 aliphatic rings. The van der Waals surface area contributed by atoms with E-state index in [0.717, 1.165) is 12.0 Å². The molecule has 1 aromatic carbocycles. The van der Waals surface area contributed by atoms with Gasteiger partial charge in [0.2, 0.25) is 0 Å². The van der Waals surface area contributed by atoms with E-state index in [-0.39, 0.29) is 30.4 Å². The molecule has 0 radical (unpaired) electrons. The maximum Gasteiger partial charge on any atom is 0.184 e. The normalized spacial score (nSPS) is 33.6. The molecule has 2 saturated heterocycles. The number of fused-ring (bicyclic) bond motifs is 2. The zero-order chi connectivity index (χ0) is 13.2. The maximum atomic E-state index is 12.8. The molecular formula is C14H17FO4. The molecule has 2 aliphatic heterocycles. The van der Waals surface area contributed by atoms with Gasteiger partial charge in [-0.1, -0.05) is 12.1 Å². The molecular weight excluding hydrogens is 251 g/mol. The molecule has 5 heteroatoms. The van der Waals surface area contributed by atoms with Gasteiger partial charge in [-0.05, 0) is 17.7 Å². The molecule has 0 aliphatic carbocycles. The second kappa shape index (κ2) is 5.54. The van der Waals surface area contributed by atoms with E-state index in [1.54, 1.807) is 19.2 Å². The number of ether oxygens (including phenoxy) is 4. The molecule has 4 atom stereocenters. The number of hydrogen-bond donors (Lipinski definition) is 0. The first-order valence-electron chi connectivity index (χ1n) is 6.42. The van der Waals surface area contributed by atoms with Crippen molar-refractivity contribution in [2.24, 2.45) is 0 Å². The molecule has 0 N–H and O–H groups in total. The molecule has 19 heavy (non-hydrogen) atoms. The Hall–Kier alpha value is -1.01. The molecule has 2 heterocycles. The molecule has 0 unspecified atom stereocenters. The largest absolute Gasteiger partial charge is 0.376 e. The monoisotopic (exact) mass is 268 g/mol. The van der Waals surface area contributed by atoms with E-state index in [1.807, 2.05) is 0 Å². The van der Waals surface area contributed by atoms with Crippen LogP contribution in [0.4, 0.5) is 4.39 Å². The molecule has 0 aromatic heterocycles. The summed E-state index contributed by atoms with van der Waals surface area (Å²) in [6, 6.07) is 6.31. The van der Waals surface area contributed by atoms with E-state index >= 15 is 0 Å². The number of halogens is 1. The Labute approximate surface area is 111 Å². The van der Waals surface area contributed by atoms with Crippen LogP contribution in [0.2, 0.25) is 0 Å².